The molecule has 3 aliphatic rings. The molecule has 0 spiro atoms. The van der Waals surface area contributed by atoms with Crippen molar-refractivity contribution in [3.63, 3.8) is 0 Å². The van der Waals surface area contributed by atoms with Crippen LogP contribution in [0.5, 0.6) is 0 Å². The molecule has 1 aromatic carbocycles. The van der Waals surface area contributed by atoms with Gasteiger partial charge >= 0.3 is 6.09 Å². The summed E-state index contributed by atoms with van der Waals surface area (Å²) in [5, 5.41) is 0. The van der Waals surface area contributed by atoms with Crippen LogP contribution in [0.4, 0.5) is 4.79 Å². The lowest BCUT2D eigenvalue weighted by atomic mass is 9.91. The minimum atomic E-state index is -0.626. The second-order valence-electron chi connectivity index (χ2n) is 10.6. The molecule has 0 radical (unpaired) electrons. The van der Waals surface area contributed by atoms with Crippen LogP contribution in [0.1, 0.15) is 60.1 Å². The summed E-state index contributed by atoms with van der Waals surface area (Å²) in [6.45, 7) is 14.5. The molecule has 3 saturated heterocycles. The minimum Gasteiger partial charge on any atom is -0.444 e. The van der Waals surface area contributed by atoms with Crippen molar-refractivity contribution in [1.82, 2.24) is 14.7 Å². The van der Waals surface area contributed by atoms with Crippen LogP contribution in [0.15, 0.2) is 30.3 Å². The zero-order valence-corrected chi connectivity index (χ0v) is 19.0. The summed E-state index contributed by atoms with van der Waals surface area (Å²) in [5.74, 6) is 0.0376. The highest BCUT2D eigenvalue weighted by Gasteiger charge is 2.67. The van der Waals surface area contributed by atoms with E-state index in [1.54, 1.807) is 4.90 Å². The van der Waals surface area contributed by atoms with Crippen molar-refractivity contribution in [3.8, 4) is 0 Å². The molecule has 7 heteroatoms. The first kappa shape index (κ1) is 21.1. The fraction of sp³-hybridized carbons (Fsp3) is 0.652. The van der Waals surface area contributed by atoms with Crippen molar-refractivity contribution in [2.24, 2.45) is 0 Å². The first-order valence-electron chi connectivity index (χ1n) is 10.6. The number of nitrogens with zero attached hydrogens (tertiary/aromatic N) is 3. The number of hydrogen-bond donors (Lipinski definition) is 0. The average Bonchev–Trinajstić information content (AvgIpc) is 3.05. The highest BCUT2D eigenvalue weighted by Crippen LogP contribution is 2.48. The molecule has 3 aliphatic heterocycles. The molecule has 0 N–H and O–H groups in total. The van der Waals surface area contributed by atoms with E-state index in [-0.39, 0.29) is 24.2 Å². The Morgan fingerprint density at radius 1 is 1.13 bits per heavy atom. The summed E-state index contributed by atoms with van der Waals surface area (Å²) in [4.78, 5) is 32.1. The molecular formula is C23H33N3O4. The number of amides is 2. The number of fused-ring (bicyclic) bond motifs is 1. The SMILES string of the molecule is CC(C)(C)OC(=O)N1CC(C)(C)N2C(=O)[C@@H](N3[C@@H](c4ccccc4)COC3(C)C)[C@H]12. The highest BCUT2D eigenvalue weighted by molar-refractivity contribution is 5.92. The Balaban J connectivity index is 1.69. The maximum atomic E-state index is 13.4. The molecule has 7 nitrogen and oxygen atoms in total. The molecule has 3 atom stereocenters. The Kier molecular flexibility index (Phi) is 4.71. The average molecular weight is 416 g/mol. The van der Waals surface area contributed by atoms with E-state index >= 15 is 0 Å². The summed E-state index contributed by atoms with van der Waals surface area (Å²) in [6.07, 6.45) is -0.746. The highest BCUT2D eigenvalue weighted by atomic mass is 16.6. The van der Waals surface area contributed by atoms with Gasteiger partial charge in [0.05, 0.1) is 18.2 Å². The van der Waals surface area contributed by atoms with Crippen LogP contribution < -0.4 is 0 Å². The minimum absolute atomic E-state index is 0.0376. The van der Waals surface area contributed by atoms with Gasteiger partial charge in [-0.05, 0) is 54.0 Å². The zero-order chi connectivity index (χ0) is 22.1. The molecule has 1 aromatic rings. The normalized spacial score (nSPS) is 30.2. The summed E-state index contributed by atoms with van der Waals surface area (Å²) < 4.78 is 11.8. The van der Waals surface area contributed by atoms with Crippen molar-refractivity contribution in [3.05, 3.63) is 35.9 Å². The van der Waals surface area contributed by atoms with Crippen molar-refractivity contribution < 1.29 is 19.1 Å². The molecule has 2 amide bonds. The predicted octanol–water partition coefficient (Wildman–Crippen LogP) is 3.36. The largest absolute Gasteiger partial charge is 0.444 e. The number of ether oxygens (including phenoxy) is 2. The summed E-state index contributed by atoms with van der Waals surface area (Å²) in [5.41, 5.74) is -0.558. The third-order valence-corrected chi connectivity index (χ3v) is 6.23. The van der Waals surface area contributed by atoms with E-state index in [0.29, 0.717) is 13.2 Å². The van der Waals surface area contributed by atoms with E-state index < -0.39 is 22.9 Å². The number of carbonyl (C=O) groups is 2. The van der Waals surface area contributed by atoms with E-state index in [1.165, 1.54) is 0 Å². The third kappa shape index (κ3) is 3.28. The molecule has 3 fully saturated rings. The molecule has 0 aromatic heterocycles. The summed E-state index contributed by atoms with van der Waals surface area (Å²) in [6, 6.07) is 9.58. The van der Waals surface area contributed by atoms with Crippen LogP contribution in [0.25, 0.3) is 0 Å². The van der Waals surface area contributed by atoms with E-state index in [4.69, 9.17) is 9.47 Å². The standard InChI is InChI=1S/C23H33N3O4/c1-21(2,3)30-20(28)24-14-22(4,5)26-18(24)17(19(26)27)25-16(13-29-23(25,6)7)15-11-9-8-10-12-15/h8-12,16-18H,13-14H2,1-7H3/t16-,17+,18-/m1/s1. The first-order chi connectivity index (χ1) is 13.8. The molecule has 0 saturated carbocycles. The van der Waals surface area contributed by atoms with Gasteiger partial charge in [0.15, 0.2) is 0 Å². The molecule has 30 heavy (non-hydrogen) atoms. The van der Waals surface area contributed by atoms with E-state index in [0.717, 1.165) is 5.56 Å². The lowest BCUT2D eigenvalue weighted by Gasteiger charge is -2.55. The van der Waals surface area contributed by atoms with Gasteiger partial charge in [0.25, 0.3) is 0 Å². The van der Waals surface area contributed by atoms with Gasteiger partial charge in [-0.25, -0.2) is 4.79 Å². The number of carbonyl (C=O) groups excluding carboxylic acids is 2. The van der Waals surface area contributed by atoms with Gasteiger partial charge in [-0.3, -0.25) is 14.6 Å². The van der Waals surface area contributed by atoms with Gasteiger partial charge in [-0.2, -0.15) is 0 Å². The zero-order valence-electron chi connectivity index (χ0n) is 19.0. The Morgan fingerprint density at radius 3 is 2.37 bits per heavy atom. The number of rotatable bonds is 2. The number of β-lactam (4-membered cyclic amide) rings is 1. The summed E-state index contributed by atoms with van der Waals surface area (Å²) in [7, 11) is 0. The summed E-state index contributed by atoms with van der Waals surface area (Å²) >= 11 is 0. The van der Waals surface area contributed by atoms with Crippen molar-refractivity contribution in [2.45, 2.75) is 83.6 Å². The molecule has 4 rings (SSSR count). The van der Waals surface area contributed by atoms with Crippen LogP contribution in [-0.4, -0.2) is 68.9 Å². The Labute approximate surface area is 178 Å². The molecule has 3 heterocycles. The van der Waals surface area contributed by atoms with Crippen molar-refractivity contribution >= 4 is 12.0 Å². The maximum absolute atomic E-state index is 13.4. The van der Waals surface area contributed by atoms with Gasteiger partial charge in [0.1, 0.15) is 23.5 Å². The predicted molar refractivity (Wildman–Crippen MR) is 112 cm³/mol. The first-order valence-corrected chi connectivity index (χ1v) is 10.6. The molecule has 0 aliphatic carbocycles. The fourth-order valence-electron chi connectivity index (χ4n) is 5.04. The van der Waals surface area contributed by atoms with E-state index in [2.05, 4.69) is 17.0 Å². The van der Waals surface area contributed by atoms with Crippen molar-refractivity contribution in [2.75, 3.05) is 13.2 Å². The second kappa shape index (κ2) is 6.69. The van der Waals surface area contributed by atoms with E-state index in [9.17, 15) is 9.59 Å². The quantitative estimate of drug-likeness (QED) is 0.693. The van der Waals surface area contributed by atoms with Crippen LogP contribution in [0.3, 0.4) is 0 Å². The van der Waals surface area contributed by atoms with Crippen LogP contribution in [-0.2, 0) is 14.3 Å². The Hall–Kier alpha value is -2.12. The molecule has 0 unspecified atom stereocenters. The van der Waals surface area contributed by atoms with Gasteiger partial charge < -0.3 is 14.4 Å². The fourth-order valence-corrected chi connectivity index (χ4v) is 5.04. The lowest BCUT2D eigenvalue weighted by Crippen LogP contribution is -2.76. The van der Waals surface area contributed by atoms with Crippen LogP contribution >= 0.6 is 0 Å². The Bertz CT molecular complexity index is 846. The lowest BCUT2D eigenvalue weighted by molar-refractivity contribution is -0.185. The van der Waals surface area contributed by atoms with E-state index in [1.807, 2.05) is 71.6 Å². The van der Waals surface area contributed by atoms with Crippen LogP contribution in [0, 0.1) is 0 Å². The number of hydrogen-bond acceptors (Lipinski definition) is 5. The smallest absolute Gasteiger partial charge is 0.412 e. The van der Waals surface area contributed by atoms with Crippen LogP contribution in [0.2, 0.25) is 0 Å². The Morgan fingerprint density at radius 2 is 1.77 bits per heavy atom. The molecule has 164 valence electrons. The van der Waals surface area contributed by atoms with Gasteiger partial charge in [-0.1, -0.05) is 30.3 Å². The molecule has 0 bridgehead atoms. The number of benzene rings is 1. The maximum Gasteiger partial charge on any atom is 0.412 e. The van der Waals surface area contributed by atoms with Gasteiger partial charge in [-0.15, -0.1) is 0 Å². The van der Waals surface area contributed by atoms with Crippen molar-refractivity contribution in [1.29, 1.82) is 0 Å². The monoisotopic (exact) mass is 415 g/mol. The van der Waals surface area contributed by atoms with Gasteiger partial charge in [0, 0.05) is 6.54 Å². The molecular weight excluding hydrogens is 382 g/mol. The second-order valence-corrected chi connectivity index (χ2v) is 10.6. The topological polar surface area (TPSA) is 62.3 Å². The van der Waals surface area contributed by atoms with Gasteiger partial charge in [0.2, 0.25) is 5.91 Å². The third-order valence-electron chi connectivity index (χ3n) is 6.23.